The van der Waals surface area contributed by atoms with Crippen LogP contribution in [0.25, 0.3) is 0 Å². The molecule has 1 saturated carbocycles. The fraction of sp³-hybridized carbons (Fsp3) is 0.818. The molecule has 1 fully saturated rings. The minimum Gasteiger partial charge on any atom is -0.0633 e. The molecule has 3 aliphatic rings. The summed E-state index contributed by atoms with van der Waals surface area (Å²) >= 11 is 0. The zero-order valence-electron chi connectivity index (χ0n) is 7.48. The number of allylic oxidation sites excluding steroid dienone is 2. The summed E-state index contributed by atoms with van der Waals surface area (Å²) in [6, 6.07) is 0. The first kappa shape index (κ1) is 6.28. The monoisotopic (exact) mass is 148 g/mol. The van der Waals surface area contributed by atoms with Crippen LogP contribution in [0.4, 0.5) is 0 Å². The number of hydrogen-bond acceptors (Lipinski definition) is 0. The van der Waals surface area contributed by atoms with Crippen LogP contribution in [0.2, 0.25) is 0 Å². The standard InChI is InChI=1S/C11H16/c1-7-6-9-10(7)8-4-3-5-11(8,9)2/h7-8H,3-6H2,1-2H3. The largest absolute Gasteiger partial charge is 0.0633 e. The van der Waals surface area contributed by atoms with Gasteiger partial charge in [-0.05, 0) is 36.5 Å². The van der Waals surface area contributed by atoms with Gasteiger partial charge in [0.15, 0.2) is 0 Å². The molecule has 0 nitrogen and oxygen atoms in total. The average Bonchev–Trinajstić information content (AvgIpc) is 2.24. The Morgan fingerprint density at radius 3 is 3.00 bits per heavy atom. The second-order valence-corrected chi connectivity index (χ2v) is 4.90. The second-order valence-electron chi connectivity index (χ2n) is 4.90. The van der Waals surface area contributed by atoms with Crippen molar-refractivity contribution >= 4 is 0 Å². The Kier molecular flexibility index (Phi) is 0.898. The van der Waals surface area contributed by atoms with Gasteiger partial charge in [0.1, 0.15) is 0 Å². The van der Waals surface area contributed by atoms with Gasteiger partial charge < -0.3 is 0 Å². The minimum atomic E-state index is 0.710. The molecule has 3 atom stereocenters. The van der Waals surface area contributed by atoms with Gasteiger partial charge in [-0.15, -0.1) is 0 Å². The topological polar surface area (TPSA) is 0 Å². The zero-order valence-corrected chi connectivity index (χ0v) is 7.48. The number of hydrogen-bond donors (Lipinski definition) is 0. The third-order valence-corrected chi connectivity index (χ3v) is 4.41. The molecule has 0 aromatic carbocycles. The first-order valence-corrected chi connectivity index (χ1v) is 4.97. The van der Waals surface area contributed by atoms with E-state index in [4.69, 9.17) is 0 Å². The van der Waals surface area contributed by atoms with Gasteiger partial charge in [0.05, 0.1) is 0 Å². The summed E-state index contributed by atoms with van der Waals surface area (Å²) in [5, 5.41) is 0. The molecule has 0 aromatic rings. The molecule has 0 aliphatic heterocycles. The van der Waals surface area contributed by atoms with Crippen molar-refractivity contribution in [2.24, 2.45) is 17.3 Å². The molecule has 0 heterocycles. The van der Waals surface area contributed by atoms with E-state index in [2.05, 4.69) is 13.8 Å². The maximum absolute atomic E-state index is 2.50. The third-order valence-electron chi connectivity index (χ3n) is 4.41. The zero-order chi connectivity index (χ0) is 7.64. The SMILES string of the molecule is CC1CC2=C1C1CCCC21C. The van der Waals surface area contributed by atoms with E-state index >= 15 is 0 Å². The summed E-state index contributed by atoms with van der Waals surface area (Å²) in [6.45, 7) is 4.89. The van der Waals surface area contributed by atoms with Crippen molar-refractivity contribution < 1.29 is 0 Å². The fourth-order valence-corrected chi connectivity index (χ4v) is 3.77. The van der Waals surface area contributed by atoms with Crippen LogP contribution < -0.4 is 0 Å². The lowest BCUT2D eigenvalue weighted by Crippen LogP contribution is -2.46. The van der Waals surface area contributed by atoms with E-state index < -0.39 is 0 Å². The summed E-state index contributed by atoms with van der Waals surface area (Å²) in [7, 11) is 0. The van der Waals surface area contributed by atoms with Gasteiger partial charge in [-0.1, -0.05) is 31.4 Å². The Labute approximate surface area is 68.7 Å². The van der Waals surface area contributed by atoms with Crippen molar-refractivity contribution in [3.63, 3.8) is 0 Å². The lowest BCUT2D eigenvalue weighted by molar-refractivity contribution is 0.177. The Morgan fingerprint density at radius 2 is 2.27 bits per heavy atom. The van der Waals surface area contributed by atoms with E-state index in [1.54, 1.807) is 0 Å². The first-order chi connectivity index (χ1) is 5.23. The smallest absolute Gasteiger partial charge is 0.00477 e. The maximum Gasteiger partial charge on any atom is -0.00477 e. The van der Waals surface area contributed by atoms with Gasteiger partial charge in [-0.3, -0.25) is 0 Å². The van der Waals surface area contributed by atoms with Crippen molar-refractivity contribution in [1.29, 1.82) is 0 Å². The summed E-state index contributed by atoms with van der Waals surface area (Å²) in [5.74, 6) is 1.99. The molecule has 0 saturated heterocycles. The summed E-state index contributed by atoms with van der Waals surface area (Å²) in [4.78, 5) is 0. The highest BCUT2D eigenvalue weighted by molar-refractivity contribution is 5.47. The molecule has 3 aliphatic carbocycles. The van der Waals surface area contributed by atoms with Gasteiger partial charge in [-0.25, -0.2) is 0 Å². The van der Waals surface area contributed by atoms with Crippen LogP contribution in [-0.4, -0.2) is 0 Å². The highest BCUT2D eigenvalue weighted by atomic mass is 14.6. The van der Waals surface area contributed by atoms with Crippen molar-refractivity contribution in [2.75, 3.05) is 0 Å². The van der Waals surface area contributed by atoms with Crippen molar-refractivity contribution in [1.82, 2.24) is 0 Å². The molecule has 0 aromatic heterocycles. The highest BCUT2D eigenvalue weighted by Gasteiger charge is 2.57. The number of rotatable bonds is 0. The summed E-state index contributed by atoms with van der Waals surface area (Å²) in [5.41, 5.74) is 4.46. The molecule has 0 amide bonds. The molecular weight excluding hydrogens is 132 g/mol. The van der Waals surface area contributed by atoms with E-state index in [1.165, 1.54) is 25.7 Å². The molecular formula is C11H16. The van der Waals surface area contributed by atoms with Gasteiger partial charge in [-0.2, -0.15) is 0 Å². The number of fused-ring (bicyclic) bond motifs is 3. The Morgan fingerprint density at radius 1 is 1.45 bits per heavy atom. The normalized spacial score (nSPS) is 52.9. The van der Waals surface area contributed by atoms with E-state index in [1.807, 2.05) is 11.1 Å². The Hall–Kier alpha value is -0.260. The summed E-state index contributed by atoms with van der Waals surface area (Å²) < 4.78 is 0. The van der Waals surface area contributed by atoms with Crippen LogP contribution in [0.1, 0.15) is 39.5 Å². The van der Waals surface area contributed by atoms with Crippen LogP contribution in [0.5, 0.6) is 0 Å². The molecule has 0 spiro atoms. The van der Waals surface area contributed by atoms with Crippen LogP contribution in [-0.2, 0) is 0 Å². The van der Waals surface area contributed by atoms with Crippen molar-refractivity contribution in [3.05, 3.63) is 11.1 Å². The van der Waals surface area contributed by atoms with Crippen LogP contribution >= 0.6 is 0 Å². The van der Waals surface area contributed by atoms with Crippen LogP contribution in [0.15, 0.2) is 11.1 Å². The molecule has 60 valence electrons. The predicted octanol–water partition coefficient (Wildman–Crippen LogP) is 3.14. The molecule has 0 radical (unpaired) electrons. The molecule has 11 heavy (non-hydrogen) atoms. The predicted molar refractivity (Wildman–Crippen MR) is 46.3 cm³/mol. The Balaban J connectivity index is 2.04. The van der Waals surface area contributed by atoms with Crippen LogP contribution in [0, 0.1) is 17.3 Å². The van der Waals surface area contributed by atoms with Crippen molar-refractivity contribution in [3.8, 4) is 0 Å². The van der Waals surface area contributed by atoms with E-state index in [9.17, 15) is 0 Å². The first-order valence-electron chi connectivity index (χ1n) is 4.97. The van der Waals surface area contributed by atoms with Gasteiger partial charge >= 0.3 is 0 Å². The lowest BCUT2D eigenvalue weighted by atomic mass is 9.48. The third kappa shape index (κ3) is 0.483. The van der Waals surface area contributed by atoms with E-state index in [0.29, 0.717) is 5.41 Å². The highest BCUT2D eigenvalue weighted by Crippen LogP contribution is 2.69. The minimum absolute atomic E-state index is 0.710. The van der Waals surface area contributed by atoms with Gasteiger partial charge in [0.25, 0.3) is 0 Å². The van der Waals surface area contributed by atoms with E-state index in [-0.39, 0.29) is 0 Å². The van der Waals surface area contributed by atoms with E-state index in [0.717, 1.165) is 11.8 Å². The second kappa shape index (κ2) is 1.57. The summed E-state index contributed by atoms with van der Waals surface area (Å²) in [6.07, 6.45) is 5.91. The molecule has 0 N–H and O–H groups in total. The molecule has 3 rings (SSSR count). The maximum atomic E-state index is 2.50. The van der Waals surface area contributed by atoms with Crippen LogP contribution in [0.3, 0.4) is 0 Å². The Bertz CT molecular complexity index is 249. The average molecular weight is 148 g/mol. The van der Waals surface area contributed by atoms with Crippen molar-refractivity contribution in [2.45, 2.75) is 39.5 Å². The van der Waals surface area contributed by atoms with Gasteiger partial charge in [0, 0.05) is 0 Å². The quantitative estimate of drug-likeness (QED) is 0.463. The molecule has 0 heteroatoms. The fourth-order valence-electron chi connectivity index (χ4n) is 3.77. The lowest BCUT2D eigenvalue weighted by Gasteiger charge is -2.57. The molecule has 3 unspecified atom stereocenters. The molecule has 0 bridgehead atoms. The van der Waals surface area contributed by atoms with Gasteiger partial charge in [0.2, 0.25) is 0 Å².